The first-order valence-electron chi connectivity index (χ1n) is 6.50. The Morgan fingerprint density at radius 1 is 1.44 bits per heavy atom. The van der Waals surface area contributed by atoms with Gasteiger partial charge < -0.3 is 9.84 Å². The highest BCUT2D eigenvalue weighted by Crippen LogP contribution is 2.66. The molecule has 4 fully saturated rings. The maximum atomic E-state index is 12.8. The molecule has 0 aromatic heterocycles. The van der Waals surface area contributed by atoms with Crippen molar-refractivity contribution in [3.05, 3.63) is 0 Å². The predicted molar refractivity (Wildman–Crippen MR) is 59.0 cm³/mol. The molecular weight excluding hydrogens is 242 g/mol. The molecule has 4 aliphatic rings. The Hall–Kier alpha value is -0.710. The molecule has 0 saturated heterocycles. The lowest BCUT2D eigenvalue weighted by molar-refractivity contribution is -0.174. The number of esters is 1. The highest BCUT2D eigenvalue weighted by molar-refractivity contribution is 5.76. The van der Waals surface area contributed by atoms with Crippen LogP contribution in [0, 0.1) is 17.3 Å². The van der Waals surface area contributed by atoms with Crippen LogP contribution < -0.4 is 0 Å². The molecule has 0 aromatic rings. The largest absolute Gasteiger partial charge is 0.461 e. The second-order valence-electron chi connectivity index (χ2n) is 6.64. The van der Waals surface area contributed by atoms with Crippen molar-refractivity contribution in [1.29, 1.82) is 0 Å². The van der Waals surface area contributed by atoms with E-state index in [0.29, 0.717) is 25.2 Å². The monoisotopic (exact) mass is 260 g/mol. The Balaban J connectivity index is 1.69. The summed E-state index contributed by atoms with van der Waals surface area (Å²) in [4.78, 5) is 11.1. The molecular formula is C13H18F2O3. The normalized spacial score (nSPS) is 45.6. The number of carbonyl (C=O) groups excluding carboxylic acids is 1. The topological polar surface area (TPSA) is 46.5 Å². The first kappa shape index (κ1) is 12.3. The van der Waals surface area contributed by atoms with Crippen LogP contribution in [-0.2, 0) is 9.53 Å². The van der Waals surface area contributed by atoms with Gasteiger partial charge in [0, 0.05) is 12.3 Å². The average molecular weight is 260 g/mol. The van der Waals surface area contributed by atoms with Gasteiger partial charge in [0.1, 0.15) is 0 Å². The van der Waals surface area contributed by atoms with Gasteiger partial charge in [0.15, 0.2) is 0 Å². The maximum Gasteiger partial charge on any atom is 0.376 e. The standard InChI is InChI=1S/C13H18F2O3/c1-11(14,15)10(16)18-7-12-3-8-2-9(12)5-13(17,4-8)6-12/h8-9,17H,2-7H2,1H3/t8?,9-,12?,13?/m0/s1. The summed E-state index contributed by atoms with van der Waals surface area (Å²) in [7, 11) is 0. The fraction of sp³-hybridized carbons (Fsp3) is 0.923. The number of halogens is 2. The minimum atomic E-state index is -3.43. The van der Waals surface area contributed by atoms with Crippen LogP contribution in [-0.4, -0.2) is 29.2 Å². The molecule has 5 heteroatoms. The molecule has 0 amide bonds. The van der Waals surface area contributed by atoms with Gasteiger partial charge in [-0.15, -0.1) is 0 Å². The van der Waals surface area contributed by atoms with Gasteiger partial charge >= 0.3 is 11.9 Å². The quantitative estimate of drug-likeness (QED) is 0.791. The van der Waals surface area contributed by atoms with Crippen LogP contribution in [0.2, 0.25) is 0 Å². The predicted octanol–water partition coefficient (Wildman–Crippen LogP) is 2.13. The molecule has 4 rings (SSSR count). The van der Waals surface area contributed by atoms with Gasteiger partial charge in [0.25, 0.3) is 0 Å². The summed E-state index contributed by atoms with van der Waals surface area (Å²) in [6, 6.07) is 0. The zero-order chi connectivity index (χ0) is 13.2. The van der Waals surface area contributed by atoms with Gasteiger partial charge in [0.05, 0.1) is 12.2 Å². The molecule has 0 aromatic carbocycles. The van der Waals surface area contributed by atoms with Crippen molar-refractivity contribution in [2.24, 2.45) is 17.3 Å². The van der Waals surface area contributed by atoms with E-state index in [1.165, 1.54) is 0 Å². The van der Waals surface area contributed by atoms with Crippen LogP contribution in [0.3, 0.4) is 0 Å². The minimum absolute atomic E-state index is 0.0404. The minimum Gasteiger partial charge on any atom is -0.461 e. The van der Waals surface area contributed by atoms with Crippen molar-refractivity contribution in [3.63, 3.8) is 0 Å². The second kappa shape index (κ2) is 3.44. The molecule has 4 atom stereocenters. The number of carbonyl (C=O) groups is 1. The molecule has 102 valence electrons. The molecule has 4 saturated carbocycles. The summed E-state index contributed by atoms with van der Waals surface area (Å²) in [5.41, 5.74) is -0.869. The van der Waals surface area contributed by atoms with Crippen molar-refractivity contribution >= 4 is 5.97 Å². The third kappa shape index (κ3) is 1.75. The van der Waals surface area contributed by atoms with Crippen LogP contribution in [0.15, 0.2) is 0 Å². The highest BCUT2D eigenvalue weighted by atomic mass is 19.3. The second-order valence-corrected chi connectivity index (χ2v) is 6.64. The van der Waals surface area contributed by atoms with Gasteiger partial charge in [-0.3, -0.25) is 0 Å². The van der Waals surface area contributed by atoms with Crippen molar-refractivity contribution in [2.75, 3.05) is 6.61 Å². The van der Waals surface area contributed by atoms with Gasteiger partial charge in [-0.1, -0.05) is 0 Å². The Morgan fingerprint density at radius 2 is 2.17 bits per heavy atom. The number of hydrogen-bond acceptors (Lipinski definition) is 3. The number of aliphatic hydroxyl groups is 1. The maximum absolute atomic E-state index is 12.8. The summed E-state index contributed by atoms with van der Waals surface area (Å²) in [5, 5.41) is 10.3. The third-order valence-corrected chi connectivity index (χ3v) is 5.00. The van der Waals surface area contributed by atoms with E-state index in [2.05, 4.69) is 0 Å². The molecule has 0 radical (unpaired) electrons. The van der Waals surface area contributed by atoms with E-state index in [1.807, 2.05) is 0 Å². The fourth-order valence-electron chi connectivity index (χ4n) is 4.59. The van der Waals surface area contributed by atoms with Crippen molar-refractivity contribution in [1.82, 2.24) is 0 Å². The van der Waals surface area contributed by atoms with Crippen LogP contribution in [0.1, 0.15) is 39.0 Å². The van der Waals surface area contributed by atoms with Gasteiger partial charge in [-0.2, -0.15) is 8.78 Å². The molecule has 0 spiro atoms. The lowest BCUT2D eigenvalue weighted by Crippen LogP contribution is -2.38. The Kier molecular flexibility index (Phi) is 2.35. The van der Waals surface area contributed by atoms with Gasteiger partial charge in [-0.05, 0) is 43.9 Å². The summed E-state index contributed by atoms with van der Waals surface area (Å²) in [5.74, 6) is -4.07. The molecule has 4 aliphatic carbocycles. The number of alkyl halides is 2. The third-order valence-electron chi connectivity index (χ3n) is 5.00. The zero-order valence-electron chi connectivity index (χ0n) is 10.4. The van der Waals surface area contributed by atoms with Crippen LogP contribution in [0.25, 0.3) is 0 Å². The zero-order valence-corrected chi connectivity index (χ0v) is 10.4. The van der Waals surface area contributed by atoms with E-state index >= 15 is 0 Å². The summed E-state index contributed by atoms with van der Waals surface area (Å²) in [6.07, 6.45) is 4.11. The lowest BCUT2D eigenvalue weighted by Gasteiger charge is -2.37. The van der Waals surface area contributed by atoms with Gasteiger partial charge in [-0.25, -0.2) is 4.79 Å². The SMILES string of the molecule is CC(F)(F)C(=O)OCC12CC3C[C@H]1CC(O)(C3)C2. The smallest absolute Gasteiger partial charge is 0.376 e. The Morgan fingerprint density at radius 3 is 2.78 bits per heavy atom. The van der Waals surface area contributed by atoms with Crippen LogP contribution in [0.4, 0.5) is 8.78 Å². The summed E-state index contributed by atoms with van der Waals surface area (Å²) in [6.45, 7) is 0.595. The van der Waals surface area contributed by atoms with E-state index in [0.717, 1.165) is 25.7 Å². The number of rotatable bonds is 3. The molecule has 3 unspecified atom stereocenters. The Labute approximate surface area is 105 Å². The van der Waals surface area contributed by atoms with Crippen LogP contribution >= 0.6 is 0 Å². The number of ether oxygens (including phenoxy) is 1. The van der Waals surface area contributed by atoms with Crippen molar-refractivity contribution in [2.45, 2.75) is 50.6 Å². The van der Waals surface area contributed by atoms with Gasteiger partial charge in [0.2, 0.25) is 0 Å². The van der Waals surface area contributed by atoms with E-state index in [9.17, 15) is 18.7 Å². The van der Waals surface area contributed by atoms with Crippen molar-refractivity contribution < 1.29 is 23.4 Å². The van der Waals surface area contributed by atoms with E-state index < -0.39 is 17.5 Å². The number of hydrogen-bond donors (Lipinski definition) is 1. The molecule has 0 aliphatic heterocycles. The highest BCUT2D eigenvalue weighted by Gasteiger charge is 2.64. The lowest BCUT2D eigenvalue weighted by atomic mass is 9.74. The van der Waals surface area contributed by atoms with E-state index in [4.69, 9.17) is 4.74 Å². The molecule has 1 N–H and O–H groups in total. The molecule has 4 bridgehead atoms. The first-order chi connectivity index (χ1) is 8.23. The van der Waals surface area contributed by atoms with Crippen molar-refractivity contribution in [3.8, 4) is 0 Å². The van der Waals surface area contributed by atoms with E-state index in [1.54, 1.807) is 0 Å². The first-order valence-corrected chi connectivity index (χ1v) is 6.50. The fourth-order valence-corrected chi connectivity index (χ4v) is 4.59. The average Bonchev–Trinajstić information content (AvgIpc) is 2.55. The Bertz CT molecular complexity index is 392. The van der Waals surface area contributed by atoms with Crippen LogP contribution in [0.5, 0.6) is 0 Å². The summed E-state index contributed by atoms with van der Waals surface area (Å²) >= 11 is 0. The van der Waals surface area contributed by atoms with E-state index in [-0.39, 0.29) is 12.0 Å². The molecule has 18 heavy (non-hydrogen) atoms. The molecule has 0 heterocycles. The molecule has 3 nitrogen and oxygen atoms in total. The summed E-state index contributed by atoms with van der Waals surface area (Å²) < 4.78 is 30.3.